The van der Waals surface area contributed by atoms with Gasteiger partial charge in [0.15, 0.2) is 0 Å². The molecule has 1 heterocycles. The molecule has 1 unspecified atom stereocenters. The Morgan fingerprint density at radius 3 is 2.32 bits per heavy atom. The summed E-state index contributed by atoms with van der Waals surface area (Å²) in [5.74, 6) is -1.40. The first-order valence-corrected chi connectivity index (χ1v) is 9.21. The summed E-state index contributed by atoms with van der Waals surface area (Å²) in [4.78, 5) is 28.6. The van der Waals surface area contributed by atoms with Gasteiger partial charge in [-0.25, -0.2) is 8.78 Å². The maximum absolute atomic E-state index is 13.7. The Kier molecular flexibility index (Phi) is 6.04. The number of aryl methyl sites for hydroxylation is 1. The van der Waals surface area contributed by atoms with E-state index in [1.165, 1.54) is 18.2 Å². The lowest BCUT2D eigenvalue weighted by molar-refractivity contribution is -0.121. The van der Waals surface area contributed by atoms with Crippen molar-refractivity contribution in [1.82, 2.24) is 9.80 Å². The van der Waals surface area contributed by atoms with Crippen LogP contribution in [0.15, 0.2) is 42.5 Å². The fraction of sp³-hybridized carbons (Fsp3) is 0.333. The molecule has 0 radical (unpaired) electrons. The first-order chi connectivity index (χ1) is 13.4. The zero-order valence-corrected chi connectivity index (χ0v) is 15.9. The summed E-state index contributed by atoms with van der Waals surface area (Å²) in [6.45, 7) is 5.29. The number of piperazine rings is 1. The first kappa shape index (κ1) is 19.9. The molecule has 0 spiro atoms. The molecule has 0 aromatic heterocycles. The van der Waals surface area contributed by atoms with Gasteiger partial charge in [-0.15, -0.1) is 0 Å². The number of para-hydroxylation sites is 1. The molecule has 148 valence electrons. The quantitative estimate of drug-likeness (QED) is 0.877. The second-order valence-electron chi connectivity index (χ2n) is 6.94. The van der Waals surface area contributed by atoms with E-state index >= 15 is 0 Å². The Morgan fingerprint density at radius 1 is 1.00 bits per heavy atom. The number of halogens is 2. The number of carbonyl (C=O) groups is 2. The molecule has 28 heavy (non-hydrogen) atoms. The molecule has 1 atom stereocenters. The Labute approximate surface area is 162 Å². The molecule has 3 rings (SSSR count). The molecule has 2 amide bonds. The number of nitrogens with one attached hydrogen (secondary N) is 1. The highest BCUT2D eigenvalue weighted by Crippen LogP contribution is 2.16. The number of rotatable bonds is 4. The standard InChI is InChI=1S/C21H23F2N3O2/c1-14-7-8-16(13-18(14)23)21(28)26-11-9-25(10-12-26)15(2)20(27)24-19-6-4-3-5-17(19)22/h3-8,13,15H,9-12H2,1-2H3,(H,24,27). The Morgan fingerprint density at radius 2 is 1.68 bits per heavy atom. The van der Waals surface area contributed by atoms with Crippen molar-refractivity contribution >= 4 is 17.5 Å². The van der Waals surface area contributed by atoms with Crippen molar-refractivity contribution in [3.05, 3.63) is 65.2 Å². The molecular weight excluding hydrogens is 364 g/mol. The van der Waals surface area contributed by atoms with Crippen LogP contribution in [0.5, 0.6) is 0 Å². The zero-order chi connectivity index (χ0) is 20.3. The van der Waals surface area contributed by atoms with Crippen LogP contribution < -0.4 is 5.32 Å². The van der Waals surface area contributed by atoms with Gasteiger partial charge in [-0.1, -0.05) is 18.2 Å². The average molecular weight is 387 g/mol. The van der Waals surface area contributed by atoms with Crippen LogP contribution in [-0.2, 0) is 4.79 Å². The molecule has 0 bridgehead atoms. The van der Waals surface area contributed by atoms with Gasteiger partial charge in [0.1, 0.15) is 11.6 Å². The summed E-state index contributed by atoms with van der Waals surface area (Å²) >= 11 is 0. The number of nitrogens with zero attached hydrogens (tertiary/aromatic N) is 2. The summed E-state index contributed by atoms with van der Waals surface area (Å²) in [7, 11) is 0. The number of amides is 2. The van der Waals surface area contributed by atoms with Crippen LogP contribution in [0.25, 0.3) is 0 Å². The number of hydrogen-bond donors (Lipinski definition) is 1. The largest absolute Gasteiger partial charge is 0.336 e. The van der Waals surface area contributed by atoms with E-state index in [1.807, 2.05) is 4.90 Å². The molecule has 1 aliphatic rings. The van der Waals surface area contributed by atoms with Gasteiger partial charge in [0, 0.05) is 31.7 Å². The van der Waals surface area contributed by atoms with Crippen molar-refractivity contribution in [2.24, 2.45) is 0 Å². The van der Waals surface area contributed by atoms with E-state index in [0.29, 0.717) is 37.3 Å². The van der Waals surface area contributed by atoms with Gasteiger partial charge in [0.2, 0.25) is 5.91 Å². The van der Waals surface area contributed by atoms with Crippen LogP contribution in [0.2, 0.25) is 0 Å². The van der Waals surface area contributed by atoms with Gasteiger partial charge in [-0.3, -0.25) is 14.5 Å². The normalized spacial score (nSPS) is 15.9. The fourth-order valence-corrected chi connectivity index (χ4v) is 3.19. The molecule has 0 saturated carbocycles. The van der Waals surface area contributed by atoms with Crippen LogP contribution in [-0.4, -0.2) is 53.8 Å². The lowest BCUT2D eigenvalue weighted by Crippen LogP contribution is -2.54. The smallest absolute Gasteiger partial charge is 0.254 e. The third kappa shape index (κ3) is 4.36. The summed E-state index contributed by atoms with van der Waals surface area (Å²) in [6.07, 6.45) is 0. The van der Waals surface area contributed by atoms with Crippen molar-refractivity contribution < 1.29 is 18.4 Å². The van der Waals surface area contributed by atoms with Crippen LogP contribution in [0.3, 0.4) is 0 Å². The molecule has 1 N–H and O–H groups in total. The second kappa shape index (κ2) is 8.48. The Bertz CT molecular complexity index is 880. The van der Waals surface area contributed by atoms with Crippen molar-refractivity contribution in [3.63, 3.8) is 0 Å². The van der Waals surface area contributed by atoms with Gasteiger partial charge in [-0.05, 0) is 43.7 Å². The molecule has 2 aromatic rings. The van der Waals surface area contributed by atoms with Crippen LogP contribution in [0.4, 0.5) is 14.5 Å². The topological polar surface area (TPSA) is 52.7 Å². The second-order valence-corrected chi connectivity index (χ2v) is 6.94. The minimum atomic E-state index is -0.483. The van der Waals surface area contributed by atoms with E-state index in [0.717, 1.165) is 0 Å². The summed E-state index contributed by atoms with van der Waals surface area (Å²) < 4.78 is 27.4. The van der Waals surface area contributed by atoms with E-state index in [-0.39, 0.29) is 17.5 Å². The average Bonchev–Trinajstić information content (AvgIpc) is 2.70. The van der Waals surface area contributed by atoms with E-state index in [4.69, 9.17) is 0 Å². The minimum Gasteiger partial charge on any atom is -0.336 e. The third-order valence-corrected chi connectivity index (χ3v) is 5.08. The van der Waals surface area contributed by atoms with Gasteiger partial charge >= 0.3 is 0 Å². The van der Waals surface area contributed by atoms with Crippen molar-refractivity contribution in [2.45, 2.75) is 19.9 Å². The number of hydrogen-bond acceptors (Lipinski definition) is 3. The highest BCUT2D eigenvalue weighted by atomic mass is 19.1. The van der Waals surface area contributed by atoms with Gasteiger partial charge < -0.3 is 10.2 Å². The molecular formula is C21H23F2N3O2. The van der Waals surface area contributed by atoms with E-state index in [9.17, 15) is 18.4 Å². The van der Waals surface area contributed by atoms with E-state index in [2.05, 4.69) is 5.32 Å². The maximum atomic E-state index is 13.7. The molecule has 1 aliphatic heterocycles. The molecule has 0 aliphatic carbocycles. The SMILES string of the molecule is Cc1ccc(C(=O)N2CCN(C(C)C(=O)Nc3ccccc3F)CC2)cc1F. The monoisotopic (exact) mass is 387 g/mol. The van der Waals surface area contributed by atoms with Crippen LogP contribution in [0, 0.1) is 18.6 Å². The van der Waals surface area contributed by atoms with Gasteiger partial charge in [0.05, 0.1) is 11.7 Å². The lowest BCUT2D eigenvalue weighted by Gasteiger charge is -2.37. The maximum Gasteiger partial charge on any atom is 0.254 e. The summed E-state index contributed by atoms with van der Waals surface area (Å²) in [5, 5.41) is 2.60. The molecule has 2 aromatic carbocycles. The van der Waals surface area contributed by atoms with Gasteiger partial charge in [-0.2, -0.15) is 0 Å². The predicted octanol–water partition coefficient (Wildman–Crippen LogP) is 3.06. The predicted molar refractivity (Wildman–Crippen MR) is 103 cm³/mol. The fourth-order valence-electron chi connectivity index (χ4n) is 3.19. The Hall–Kier alpha value is -2.80. The minimum absolute atomic E-state index is 0.148. The molecule has 7 heteroatoms. The van der Waals surface area contributed by atoms with Crippen LogP contribution in [0.1, 0.15) is 22.8 Å². The van der Waals surface area contributed by atoms with E-state index < -0.39 is 17.7 Å². The highest BCUT2D eigenvalue weighted by molar-refractivity contribution is 5.95. The zero-order valence-electron chi connectivity index (χ0n) is 15.9. The van der Waals surface area contributed by atoms with Crippen molar-refractivity contribution in [2.75, 3.05) is 31.5 Å². The highest BCUT2D eigenvalue weighted by Gasteiger charge is 2.28. The molecule has 1 fully saturated rings. The summed E-state index contributed by atoms with van der Waals surface area (Å²) in [6, 6.07) is 10.0. The van der Waals surface area contributed by atoms with Gasteiger partial charge in [0.25, 0.3) is 5.91 Å². The number of anilines is 1. The van der Waals surface area contributed by atoms with Crippen LogP contribution >= 0.6 is 0 Å². The van der Waals surface area contributed by atoms with E-state index in [1.54, 1.807) is 43.0 Å². The number of benzene rings is 2. The molecule has 5 nitrogen and oxygen atoms in total. The van der Waals surface area contributed by atoms with Crippen molar-refractivity contribution in [3.8, 4) is 0 Å². The number of carbonyl (C=O) groups excluding carboxylic acids is 2. The molecule has 1 saturated heterocycles. The lowest BCUT2D eigenvalue weighted by atomic mass is 10.1. The first-order valence-electron chi connectivity index (χ1n) is 9.21. The third-order valence-electron chi connectivity index (χ3n) is 5.08. The van der Waals surface area contributed by atoms with Crippen molar-refractivity contribution in [1.29, 1.82) is 0 Å². The Balaban J connectivity index is 1.57. The summed E-state index contributed by atoms with van der Waals surface area (Å²) in [5.41, 5.74) is 0.965.